The molecule has 352 valence electrons. The molecule has 0 aliphatic rings. The zero-order chi connectivity index (χ0) is 43.4. The third kappa shape index (κ3) is 43.2. The van der Waals surface area contributed by atoms with Crippen LogP contribution in [0.3, 0.4) is 0 Å². The highest BCUT2D eigenvalue weighted by Crippen LogP contribution is 2.19. The van der Waals surface area contributed by atoms with Crippen molar-refractivity contribution in [2.45, 2.75) is 251 Å². The number of likely N-dealkylation sites (N-methyl/N-ethyl adjacent to an activating group) is 1. The van der Waals surface area contributed by atoms with Crippen LogP contribution in [-0.4, -0.2) is 111 Å². The minimum atomic E-state index is -0.382. The van der Waals surface area contributed by atoms with E-state index in [0.29, 0.717) is 32.5 Å². The van der Waals surface area contributed by atoms with Crippen LogP contribution in [0.2, 0.25) is 0 Å². The summed E-state index contributed by atoms with van der Waals surface area (Å²) in [5.74, 6) is -0.0468. The maximum absolute atomic E-state index is 12.9. The summed E-state index contributed by atoms with van der Waals surface area (Å²) in [6.45, 7) is 12.7. The summed E-state index contributed by atoms with van der Waals surface area (Å²) in [7, 11) is 6.32. The molecule has 59 heavy (non-hydrogen) atoms. The minimum Gasteiger partial charge on any atom is -0.466 e. The first kappa shape index (κ1) is 57.8. The van der Waals surface area contributed by atoms with Crippen molar-refractivity contribution in [2.75, 3.05) is 67.0 Å². The summed E-state index contributed by atoms with van der Waals surface area (Å²) >= 11 is 0. The van der Waals surface area contributed by atoms with Crippen molar-refractivity contribution in [2.24, 2.45) is 0 Å². The lowest BCUT2D eigenvalue weighted by Crippen LogP contribution is -2.40. The van der Waals surface area contributed by atoms with Crippen LogP contribution in [0.25, 0.3) is 0 Å². The first-order valence-corrected chi connectivity index (χ1v) is 25.8. The molecule has 1 unspecified atom stereocenters. The van der Waals surface area contributed by atoms with Crippen molar-refractivity contribution in [1.29, 1.82) is 0 Å². The van der Waals surface area contributed by atoms with Gasteiger partial charge in [0.05, 0.1) is 12.7 Å². The Balaban J connectivity index is 4.56. The van der Waals surface area contributed by atoms with Crippen molar-refractivity contribution < 1.29 is 24.2 Å². The first-order chi connectivity index (χ1) is 28.7. The van der Waals surface area contributed by atoms with Gasteiger partial charge in [-0.25, -0.2) is 0 Å². The molecule has 0 radical (unpaired) electrons. The molecule has 0 rings (SSSR count). The van der Waals surface area contributed by atoms with Crippen LogP contribution in [-0.2, 0) is 19.1 Å². The van der Waals surface area contributed by atoms with E-state index in [1.165, 1.54) is 122 Å². The second kappa shape index (κ2) is 44.8. The monoisotopic (exact) mass is 838 g/mol. The largest absolute Gasteiger partial charge is 0.466 e. The van der Waals surface area contributed by atoms with Crippen LogP contribution in [0.1, 0.15) is 239 Å². The smallest absolute Gasteiger partial charge is 0.306 e. The Morgan fingerprint density at radius 2 is 0.881 bits per heavy atom. The molecule has 0 saturated carbocycles. The summed E-state index contributed by atoms with van der Waals surface area (Å²) < 4.78 is 11.6. The Labute approximate surface area is 368 Å². The molecule has 1 N–H and O–H groups in total. The summed E-state index contributed by atoms with van der Waals surface area (Å²) in [5, 5.41) is 11.0. The average molecular weight is 838 g/mol. The lowest BCUT2D eigenvalue weighted by Gasteiger charge is -2.28. The van der Waals surface area contributed by atoms with Gasteiger partial charge in [-0.2, -0.15) is 0 Å². The van der Waals surface area contributed by atoms with E-state index < -0.39 is 0 Å². The van der Waals surface area contributed by atoms with Gasteiger partial charge in [-0.3, -0.25) is 9.59 Å². The molecule has 0 aromatic heterocycles. The standard InChI is InChI=1S/C51H103N3O5/c1-7-10-13-16-19-20-21-27-35-45-58-50(56)39-32-28-34-44-54(47-48(55)46-53(6)42-36-41-52(4)5)43-33-26-22-25-31-40-51(57)59-49(37-29-23-17-14-11-8-2)38-30-24-18-15-12-9-3/h48-49,55H,7-47H2,1-6H3. The molecular weight excluding hydrogens is 735 g/mol. The van der Waals surface area contributed by atoms with Gasteiger partial charge in [0, 0.05) is 25.9 Å². The molecule has 0 spiro atoms. The normalized spacial score (nSPS) is 12.4. The van der Waals surface area contributed by atoms with Crippen molar-refractivity contribution in [3.05, 3.63) is 0 Å². The number of unbranched alkanes of at least 4 members (excludes halogenated alkanes) is 24. The topological polar surface area (TPSA) is 82.5 Å². The molecule has 8 nitrogen and oxygen atoms in total. The molecule has 0 saturated heterocycles. The molecule has 0 heterocycles. The maximum Gasteiger partial charge on any atom is 0.306 e. The Bertz CT molecular complexity index is 874. The summed E-state index contributed by atoms with van der Waals surface area (Å²) in [4.78, 5) is 32.1. The number of aliphatic hydroxyl groups excluding tert-OH is 1. The first-order valence-electron chi connectivity index (χ1n) is 25.8. The van der Waals surface area contributed by atoms with Gasteiger partial charge in [0.15, 0.2) is 0 Å². The van der Waals surface area contributed by atoms with Gasteiger partial charge in [0.2, 0.25) is 0 Å². The van der Waals surface area contributed by atoms with Crippen molar-refractivity contribution in [3.8, 4) is 0 Å². The average Bonchev–Trinajstić information content (AvgIpc) is 3.20. The Morgan fingerprint density at radius 3 is 1.39 bits per heavy atom. The fraction of sp³-hybridized carbons (Fsp3) is 0.961. The predicted molar refractivity (Wildman–Crippen MR) is 253 cm³/mol. The molecule has 1 atom stereocenters. The second-order valence-corrected chi connectivity index (χ2v) is 18.5. The van der Waals surface area contributed by atoms with Crippen molar-refractivity contribution >= 4 is 11.9 Å². The van der Waals surface area contributed by atoms with Crippen molar-refractivity contribution in [1.82, 2.24) is 14.7 Å². The van der Waals surface area contributed by atoms with E-state index >= 15 is 0 Å². The number of aliphatic hydroxyl groups is 1. The van der Waals surface area contributed by atoms with Gasteiger partial charge < -0.3 is 29.3 Å². The Hall–Kier alpha value is -1.22. The van der Waals surface area contributed by atoms with Crippen LogP contribution in [0.5, 0.6) is 0 Å². The van der Waals surface area contributed by atoms with Gasteiger partial charge in [-0.15, -0.1) is 0 Å². The van der Waals surface area contributed by atoms with Gasteiger partial charge >= 0.3 is 11.9 Å². The van der Waals surface area contributed by atoms with Gasteiger partial charge in [-0.05, 0) is 112 Å². The molecule has 0 aromatic carbocycles. The fourth-order valence-electron chi connectivity index (χ4n) is 8.16. The number of ether oxygens (including phenoxy) is 2. The zero-order valence-electron chi connectivity index (χ0n) is 40.6. The van der Waals surface area contributed by atoms with E-state index in [1.54, 1.807) is 0 Å². The number of rotatable bonds is 47. The number of carbonyl (C=O) groups excluding carboxylic acids is 2. The third-order valence-corrected chi connectivity index (χ3v) is 11.9. The quantitative estimate of drug-likeness (QED) is 0.0479. The summed E-state index contributed by atoms with van der Waals surface area (Å²) in [6, 6.07) is 0. The second-order valence-electron chi connectivity index (χ2n) is 18.5. The van der Waals surface area contributed by atoms with Crippen molar-refractivity contribution in [3.63, 3.8) is 0 Å². The summed E-state index contributed by atoms with van der Waals surface area (Å²) in [5.41, 5.74) is 0. The lowest BCUT2D eigenvalue weighted by atomic mass is 10.0. The predicted octanol–water partition coefficient (Wildman–Crippen LogP) is 12.9. The highest BCUT2D eigenvalue weighted by molar-refractivity contribution is 5.69. The molecule has 0 aliphatic heterocycles. The number of esters is 2. The van der Waals surface area contributed by atoms with Crippen LogP contribution in [0.15, 0.2) is 0 Å². The highest BCUT2D eigenvalue weighted by Gasteiger charge is 2.16. The minimum absolute atomic E-state index is 0.00544. The molecule has 0 fully saturated rings. The van der Waals surface area contributed by atoms with E-state index in [-0.39, 0.29) is 24.1 Å². The number of carbonyl (C=O) groups is 2. The summed E-state index contributed by atoms with van der Waals surface area (Å²) in [6.07, 6.45) is 38.8. The Morgan fingerprint density at radius 1 is 0.458 bits per heavy atom. The zero-order valence-corrected chi connectivity index (χ0v) is 40.6. The molecule has 0 bridgehead atoms. The van der Waals surface area contributed by atoms with Crippen LogP contribution in [0.4, 0.5) is 0 Å². The van der Waals surface area contributed by atoms with Crippen LogP contribution >= 0.6 is 0 Å². The molecule has 0 aliphatic carbocycles. The molecule has 0 aromatic rings. The van der Waals surface area contributed by atoms with Gasteiger partial charge in [0.1, 0.15) is 6.10 Å². The van der Waals surface area contributed by atoms with E-state index in [1.807, 2.05) is 0 Å². The number of hydrogen-bond acceptors (Lipinski definition) is 8. The third-order valence-electron chi connectivity index (χ3n) is 11.9. The maximum atomic E-state index is 12.9. The molecule has 8 heteroatoms. The van der Waals surface area contributed by atoms with Crippen LogP contribution < -0.4 is 0 Å². The van der Waals surface area contributed by atoms with E-state index in [4.69, 9.17) is 9.47 Å². The SMILES string of the molecule is CCCCCCCCCCCOC(=O)CCCCCN(CCCCCCCC(=O)OC(CCCCCCCC)CCCCCCCC)CC(O)CN(C)CCCN(C)C. The van der Waals surface area contributed by atoms with E-state index in [2.05, 4.69) is 56.6 Å². The molecular formula is C51H103N3O5. The highest BCUT2D eigenvalue weighted by atomic mass is 16.5. The van der Waals surface area contributed by atoms with E-state index in [0.717, 1.165) is 110 Å². The Kier molecular flexibility index (Phi) is 43.9. The number of hydrogen-bond donors (Lipinski definition) is 1. The van der Waals surface area contributed by atoms with Crippen LogP contribution in [0, 0.1) is 0 Å². The lowest BCUT2D eigenvalue weighted by molar-refractivity contribution is -0.150. The van der Waals surface area contributed by atoms with Gasteiger partial charge in [-0.1, -0.05) is 162 Å². The van der Waals surface area contributed by atoms with Gasteiger partial charge in [0.25, 0.3) is 0 Å². The number of nitrogens with zero attached hydrogens (tertiary/aromatic N) is 3. The molecule has 0 amide bonds. The fourth-order valence-corrected chi connectivity index (χ4v) is 8.16. The van der Waals surface area contributed by atoms with E-state index in [9.17, 15) is 14.7 Å².